The van der Waals surface area contributed by atoms with Crippen LogP contribution in [0.3, 0.4) is 0 Å². The summed E-state index contributed by atoms with van der Waals surface area (Å²) in [5.41, 5.74) is 10.5. The van der Waals surface area contributed by atoms with Gasteiger partial charge in [0, 0.05) is 35.3 Å². The molecule has 6 nitrogen and oxygen atoms in total. The lowest BCUT2D eigenvalue weighted by Crippen LogP contribution is -2.28. The van der Waals surface area contributed by atoms with Gasteiger partial charge < -0.3 is 15.0 Å². The smallest absolute Gasteiger partial charge is 0.350 e. The number of pyridine rings is 1. The summed E-state index contributed by atoms with van der Waals surface area (Å²) in [6.07, 6.45) is 0. The number of carbonyl (C=O) groups excluding carboxylic acids is 1. The van der Waals surface area contributed by atoms with E-state index in [0.717, 1.165) is 27.8 Å². The van der Waals surface area contributed by atoms with E-state index in [1.54, 1.807) is 13.8 Å². The number of hydrogen-bond acceptors (Lipinski definition) is 6. The fourth-order valence-corrected chi connectivity index (χ4v) is 5.19. The molecule has 0 atom stereocenters. The van der Waals surface area contributed by atoms with Gasteiger partial charge in [-0.25, -0.2) is 9.78 Å². The fourth-order valence-electron chi connectivity index (χ4n) is 4.23. The van der Waals surface area contributed by atoms with E-state index in [4.69, 9.17) is 10.5 Å². The number of nitrogens with zero attached hydrogens (tertiary/aromatic N) is 2. The first kappa shape index (κ1) is 26.6. The van der Waals surface area contributed by atoms with Gasteiger partial charge >= 0.3 is 5.97 Å². The van der Waals surface area contributed by atoms with Crippen LogP contribution >= 0.6 is 23.7 Å². The number of aryl methyl sites for hydroxylation is 1. The highest BCUT2D eigenvalue weighted by Crippen LogP contribution is 2.35. The van der Waals surface area contributed by atoms with Crippen molar-refractivity contribution in [3.05, 3.63) is 75.1 Å². The summed E-state index contributed by atoms with van der Waals surface area (Å²) in [6.45, 7) is 8.92. The zero-order valence-electron chi connectivity index (χ0n) is 20.3. The van der Waals surface area contributed by atoms with Gasteiger partial charge in [0.15, 0.2) is 0 Å². The average molecular weight is 512 g/mol. The number of esters is 1. The van der Waals surface area contributed by atoms with Crippen molar-refractivity contribution >= 4 is 40.5 Å². The molecular formula is C27H30ClN3O3S. The van der Waals surface area contributed by atoms with E-state index in [9.17, 15) is 9.59 Å². The van der Waals surface area contributed by atoms with Crippen LogP contribution in [0.25, 0.3) is 32.5 Å². The summed E-state index contributed by atoms with van der Waals surface area (Å²) >= 11 is 1.30. The van der Waals surface area contributed by atoms with Crippen molar-refractivity contribution in [1.82, 2.24) is 9.55 Å². The monoisotopic (exact) mass is 511 g/mol. The molecule has 4 rings (SSSR count). The maximum atomic E-state index is 13.5. The molecule has 0 unspecified atom stereocenters. The van der Waals surface area contributed by atoms with Crippen molar-refractivity contribution in [2.24, 2.45) is 11.7 Å². The predicted octanol–water partition coefficient (Wildman–Crippen LogP) is 5.81. The first-order valence-corrected chi connectivity index (χ1v) is 12.3. The summed E-state index contributed by atoms with van der Waals surface area (Å²) in [5.74, 6) is -0.0700. The summed E-state index contributed by atoms with van der Waals surface area (Å²) in [4.78, 5) is 31.0. The highest BCUT2D eigenvalue weighted by molar-refractivity contribution is 7.17. The van der Waals surface area contributed by atoms with Crippen molar-refractivity contribution in [2.45, 2.75) is 40.8 Å². The molecule has 4 aromatic rings. The second kappa shape index (κ2) is 11.2. The van der Waals surface area contributed by atoms with Gasteiger partial charge in [-0.1, -0.05) is 50.2 Å². The number of ether oxygens (including phenoxy) is 1. The second-order valence-electron chi connectivity index (χ2n) is 8.62. The molecule has 0 saturated carbocycles. The molecule has 0 amide bonds. The van der Waals surface area contributed by atoms with Gasteiger partial charge in [-0.2, -0.15) is 0 Å². The lowest BCUT2D eigenvalue weighted by Gasteiger charge is -2.21. The molecule has 184 valence electrons. The van der Waals surface area contributed by atoms with Gasteiger partial charge in [-0.3, -0.25) is 4.79 Å². The molecule has 0 aliphatic carbocycles. The fraction of sp³-hybridized carbons (Fsp3) is 0.296. The third-order valence-corrected chi connectivity index (χ3v) is 6.87. The maximum absolute atomic E-state index is 13.5. The van der Waals surface area contributed by atoms with Crippen LogP contribution in [0.1, 0.15) is 41.8 Å². The maximum Gasteiger partial charge on any atom is 0.350 e. The Morgan fingerprint density at radius 3 is 2.46 bits per heavy atom. The average Bonchev–Trinajstić information content (AvgIpc) is 3.22. The van der Waals surface area contributed by atoms with Crippen molar-refractivity contribution in [2.75, 3.05) is 6.61 Å². The number of aromatic nitrogens is 2. The van der Waals surface area contributed by atoms with Gasteiger partial charge in [-0.15, -0.1) is 23.7 Å². The number of carbonyl (C=O) groups is 1. The quantitative estimate of drug-likeness (QED) is 0.316. The topological polar surface area (TPSA) is 87.2 Å². The summed E-state index contributed by atoms with van der Waals surface area (Å²) in [7, 11) is 0. The molecule has 2 aromatic heterocycles. The molecule has 0 saturated heterocycles. The lowest BCUT2D eigenvalue weighted by atomic mass is 9.95. The Labute approximate surface area is 215 Å². The molecule has 35 heavy (non-hydrogen) atoms. The van der Waals surface area contributed by atoms with E-state index in [0.29, 0.717) is 40.0 Å². The van der Waals surface area contributed by atoms with E-state index in [1.807, 2.05) is 53.1 Å². The first-order valence-electron chi connectivity index (χ1n) is 11.5. The minimum Gasteiger partial charge on any atom is -0.462 e. The molecule has 0 fully saturated rings. The van der Waals surface area contributed by atoms with Crippen LogP contribution in [-0.4, -0.2) is 22.1 Å². The Morgan fingerprint density at radius 2 is 1.83 bits per heavy atom. The zero-order valence-corrected chi connectivity index (χ0v) is 22.0. The summed E-state index contributed by atoms with van der Waals surface area (Å²) in [6, 6.07) is 15.8. The number of nitrogens with two attached hydrogens (primary N) is 1. The Bertz CT molecular complexity index is 1410. The number of hydrogen-bond donors (Lipinski definition) is 1. The Balaban J connectivity index is 0.00000342. The van der Waals surface area contributed by atoms with Crippen LogP contribution in [0, 0.1) is 12.8 Å². The van der Waals surface area contributed by atoms with E-state index in [-0.39, 0.29) is 30.5 Å². The summed E-state index contributed by atoms with van der Waals surface area (Å²) in [5, 5.41) is 2.18. The number of thiazole rings is 1. The molecule has 0 aliphatic heterocycles. The van der Waals surface area contributed by atoms with Crippen molar-refractivity contribution in [3.8, 4) is 21.7 Å². The number of halogens is 1. The minimum atomic E-state index is -0.364. The number of rotatable bonds is 7. The normalized spacial score (nSPS) is 11.0. The largest absolute Gasteiger partial charge is 0.462 e. The van der Waals surface area contributed by atoms with Crippen molar-refractivity contribution < 1.29 is 9.53 Å². The highest BCUT2D eigenvalue weighted by Gasteiger charge is 2.21. The van der Waals surface area contributed by atoms with Crippen LogP contribution in [0.15, 0.2) is 53.3 Å². The Kier molecular flexibility index (Phi) is 8.48. The highest BCUT2D eigenvalue weighted by atomic mass is 35.5. The molecule has 2 aromatic carbocycles. The van der Waals surface area contributed by atoms with Gasteiger partial charge in [0.25, 0.3) is 5.56 Å². The van der Waals surface area contributed by atoms with E-state index >= 15 is 0 Å². The molecule has 0 bridgehead atoms. The lowest BCUT2D eigenvalue weighted by molar-refractivity contribution is 0.0531. The second-order valence-corrected chi connectivity index (χ2v) is 9.61. The van der Waals surface area contributed by atoms with Crippen molar-refractivity contribution in [3.63, 3.8) is 0 Å². The Morgan fingerprint density at radius 1 is 1.11 bits per heavy atom. The SMILES string of the molecule is CCOC(=O)c1sc(-c2ccc3c(=O)n(CC(C)C)c(CN)c(-c4ccccc4)c3c2)nc1C.Cl. The third-order valence-electron chi connectivity index (χ3n) is 5.69. The van der Waals surface area contributed by atoms with E-state index in [1.165, 1.54) is 11.3 Å². The number of fused-ring (bicyclic) bond motifs is 1. The van der Waals surface area contributed by atoms with Crippen LogP contribution in [0.4, 0.5) is 0 Å². The molecule has 0 aliphatic rings. The molecule has 8 heteroatoms. The molecule has 2 heterocycles. The van der Waals surface area contributed by atoms with Crippen LogP contribution in [0.5, 0.6) is 0 Å². The molecular weight excluding hydrogens is 482 g/mol. The van der Waals surface area contributed by atoms with Crippen LogP contribution in [0.2, 0.25) is 0 Å². The van der Waals surface area contributed by atoms with Crippen LogP contribution in [-0.2, 0) is 17.8 Å². The third kappa shape index (κ3) is 5.17. The minimum absolute atomic E-state index is 0. The van der Waals surface area contributed by atoms with Gasteiger partial charge in [0.05, 0.1) is 12.3 Å². The molecule has 0 radical (unpaired) electrons. The van der Waals surface area contributed by atoms with Crippen molar-refractivity contribution in [1.29, 1.82) is 0 Å². The zero-order chi connectivity index (χ0) is 24.4. The molecule has 0 spiro atoms. The Hall–Kier alpha value is -3.00. The standard InChI is InChI=1S/C27H29N3O3S.ClH/c1-5-33-27(32)24-17(4)29-25(34-24)19-11-12-20-21(13-19)23(18-9-7-6-8-10-18)22(14-28)30(26(20)31)15-16(2)3;/h6-13,16H,5,14-15,28H2,1-4H3;1H. The van der Waals surface area contributed by atoms with Gasteiger partial charge in [0.1, 0.15) is 9.88 Å². The van der Waals surface area contributed by atoms with Gasteiger partial charge in [0.2, 0.25) is 0 Å². The van der Waals surface area contributed by atoms with Crippen LogP contribution < -0.4 is 11.3 Å². The molecule has 2 N–H and O–H groups in total. The predicted molar refractivity (Wildman–Crippen MR) is 145 cm³/mol. The summed E-state index contributed by atoms with van der Waals surface area (Å²) < 4.78 is 6.99. The van der Waals surface area contributed by atoms with E-state index in [2.05, 4.69) is 18.8 Å². The van der Waals surface area contributed by atoms with E-state index < -0.39 is 0 Å². The number of benzene rings is 2. The van der Waals surface area contributed by atoms with Gasteiger partial charge in [-0.05, 0) is 42.8 Å². The first-order chi connectivity index (χ1) is 16.3.